The second-order valence-electron chi connectivity index (χ2n) is 7.00. The van der Waals surface area contributed by atoms with Crippen molar-refractivity contribution in [2.24, 2.45) is 0 Å². The van der Waals surface area contributed by atoms with Crippen LogP contribution in [0.4, 0.5) is 0 Å². The average molecular weight is 410 g/mol. The van der Waals surface area contributed by atoms with Crippen molar-refractivity contribution in [1.82, 2.24) is 19.3 Å². The van der Waals surface area contributed by atoms with Gasteiger partial charge in [-0.2, -0.15) is 5.10 Å². The van der Waals surface area contributed by atoms with Crippen LogP contribution in [-0.4, -0.2) is 26.4 Å². The molecule has 0 saturated heterocycles. The summed E-state index contributed by atoms with van der Waals surface area (Å²) in [6.07, 6.45) is 5.29. The number of rotatable bonds is 6. The van der Waals surface area contributed by atoms with Gasteiger partial charge in [0.05, 0.1) is 22.0 Å². The maximum Gasteiger partial charge on any atom is 0.280 e. The van der Waals surface area contributed by atoms with E-state index < -0.39 is 6.23 Å². The van der Waals surface area contributed by atoms with Crippen LogP contribution in [0.15, 0.2) is 46.4 Å². The fourth-order valence-electron chi connectivity index (χ4n) is 3.38. The highest BCUT2D eigenvalue weighted by Crippen LogP contribution is 2.28. The van der Waals surface area contributed by atoms with Gasteiger partial charge in [-0.1, -0.05) is 31.0 Å². The number of thiophene rings is 1. The van der Waals surface area contributed by atoms with Crippen molar-refractivity contribution in [2.45, 2.75) is 39.3 Å². The SMILES string of the molecule is CCCCC(OC)n1ncc2sc3c(=O)n(-c4ccc(C)cc4)cnc3c2c1=O. The van der Waals surface area contributed by atoms with Crippen molar-refractivity contribution in [3.8, 4) is 5.69 Å². The summed E-state index contributed by atoms with van der Waals surface area (Å²) in [7, 11) is 1.57. The Morgan fingerprint density at radius 2 is 1.93 bits per heavy atom. The van der Waals surface area contributed by atoms with Crippen LogP contribution < -0.4 is 11.1 Å². The van der Waals surface area contributed by atoms with E-state index in [0.29, 0.717) is 26.7 Å². The lowest BCUT2D eigenvalue weighted by Gasteiger charge is -2.16. The van der Waals surface area contributed by atoms with E-state index in [1.54, 1.807) is 13.3 Å². The topological polar surface area (TPSA) is 79.0 Å². The third-order valence-electron chi connectivity index (χ3n) is 5.01. The van der Waals surface area contributed by atoms with Gasteiger partial charge in [0.15, 0.2) is 6.23 Å². The third kappa shape index (κ3) is 3.38. The Hall–Kier alpha value is -2.84. The Morgan fingerprint density at radius 3 is 2.62 bits per heavy atom. The number of hydrogen-bond donors (Lipinski definition) is 0. The summed E-state index contributed by atoms with van der Waals surface area (Å²) < 4.78 is 9.44. The molecule has 150 valence electrons. The highest BCUT2D eigenvalue weighted by Gasteiger charge is 2.20. The van der Waals surface area contributed by atoms with E-state index in [0.717, 1.165) is 24.1 Å². The van der Waals surface area contributed by atoms with Crippen molar-refractivity contribution < 1.29 is 4.74 Å². The Bertz CT molecular complexity index is 1290. The van der Waals surface area contributed by atoms with Gasteiger partial charge in [-0.05, 0) is 31.9 Å². The Balaban J connectivity index is 1.90. The lowest BCUT2D eigenvalue weighted by molar-refractivity contribution is 0.0217. The molecule has 7 nitrogen and oxygen atoms in total. The first-order valence-corrected chi connectivity index (χ1v) is 10.4. The maximum absolute atomic E-state index is 13.1. The monoisotopic (exact) mass is 410 g/mol. The van der Waals surface area contributed by atoms with E-state index in [2.05, 4.69) is 17.0 Å². The molecule has 0 amide bonds. The molecular weight excluding hydrogens is 388 g/mol. The van der Waals surface area contributed by atoms with Crippen LogP contribution >= 0.6 is 11.3 Å². The van der Waals surface area contributed by atoms with Crippen molar-refractivity contribution in [3.63, 3.8) is 0 Å². The van der Waals surface area contributed by atoms with Gasteiger partial charge in [0.25, 0.3) is 11.1 Å². The molecule has 1 atom stereocenters. The molecule has 0 N–H and O–H groups in total. The molecule has 29 heavy (non-hydrogen) atoms. The quantitative estimate of drug-likeness (QED) is 0.483. The van der Waals surface area contributed by atoms with Crippen LogP contribution in [0.2, 0.25) is 0 Å². The van der Waals surface area contributed by atoms with Gasteiger partial charge < -0.3 is 4.74 Å². The first-order valence-electron chi connectivity index (χ1n) is 9.56. The van der Waals surface area contributed by atoms with E-state index >= 15 is 0 Å². The largest absolute Gasteiger partial charge is 0.360 e. The van der Waals surface area contributed by atoms with Gasteiger partial charge in [0.1, 0.15) is 16.5 Å². The molecule has 1 unspecified atom stereocenters. The second-order valence-corrected chi connectivity index (χ2v) is 8.05. The molecule has 0 spiro atoms. The number of methoxy groups -OCH3 is 1. The molecule has 0 fully saturated rings. The van der Waals surface area contributed by atoms with Gasteiger partial charge in [0.2, 0.25) is 0 Å². The zero-order valence-electron chi connectivity index (χ0n) is 16.6. The summed E-state index contributed by atoms with van der Waals surface area (Å²) >= 11 is 1.25. The maximum atomic E-state index is 13.1. The van der Waals surface area contributed by atoms with Crippen molar-refractivity contribution in [3.05, 3.63) is 63.1 Å². The van der Waals surface area contributed by atoms with Gasteiger partial charge in [0, 0.05) is 7.11 Å². The van der Waals surface area contributed by atoms with E-state index in [1.165, 1.54) is 26.9 Å². The van der Waals surface area contributed by atoms with Gasteiger partial charge in [-0.25, -0.2) is 9.67 Å². The highest BCUT2D eigenvalue weighted by atomic mass is 32.1. The van der Waals surface area contributed by atoms with Gasteiger partial charge >= 0.3 is 0 Å². The predicted octanol–water partition coefficient (Wildman–Crippen LogP) is 3.80. The molecule has 4 rings (SSSR count). The number of ether oxygens (including phenoxy) is 1. The van der Waals surface area contributed by atoms with Crippen LogP contribution in [0, 0.1) is 6.92 Å². The van der Waals surface area contributed by atoms with Crippen LogP contribution in [0.1, 0.15) is 38.0 Å². The summed E-state index contributed by atoms with van der Waals surface area (Å²) in [5, 5.41) is 4.72. The molecule has 3 aromatic heterocycles. The Morgan fingerprint density at radius 1 is 1.17 bits per heavy atom. The molecular formula is C21H22N4O3S. The standard InChI is InChI=1S/C21H22N4O3S/c1-4-5-6-16(28-3)25-20(26)17-15(11-23-25)29-19-18(17)22-12-24(21(19)27)14-9-7-13(2)8-10-14/h7-12,16H,4-6H2,1-3H3. The van der Waals surface area contributed by atoms with Crippen LogP contribution in [-0.2, 0) is 4.74 Å². The summed E-state index contributed by atoms with van der Waals surface area (Å²) in [5.74, 6) is 0. The minimum atomic E-state index is -0.435. The molecule has 0 radical (unpaired) electrons. The van der Waals surface area contributed by atoms with Crippen molar-refractivity contribution in [2.75, 3.05) is 7.11 Å². The van der Waals surface area contributed by atoms with Crippen molar-refractivity contribution >= 4 is 31.6 Å². The molecule has 0 bridgehead atoms. The van der Waals surface area contributed by atoms with E-state index in [9.17, 15) is 9.59 Å². The number of aryl methyl sites for hydroxylation is 1. The third-order valence-corrected chi connectivity index (χ3v) is 6.11. The normalized spacial score (nSPS) is 12.7. The zero-order valence-corrected chi connectivity index (χ0v) is 17.4. The Labute approximate surface area is 171 Å². The minimum absolute atomic E-state index is 0.194. The fourth-order valence-corrected chi connectivity index (χ4v) is 4.42. The first-order chi connectivity index (χ1) is 14.0. The van der Waals surface area contributed by atoms with Crippen molar-refractivity contribution in [1.29, 1.82) is 0 Å². The molecule has 1 aromatic carbocycles. The van der Waals surface area contributed by atoms with E-state index in [4.69, 9.17) is 4.74 Å². The molecule has 0 saturated carbocycles. The number of fused-ring (bicyclic) bond motifs is 3. The Kier molecular flexibility index (Phi) is 5.29. The average Bonchev–Trinajstić information content (AvgIpc) is 3.11. The first kappa shape index (κ1) is 19.5. The molecule has 8 heteroatoms. The lowest BCUT2D eigenvalue weighted by atomic mass is 10.2. The smallest absolute Gasteiger partial charge is 0.280 e. The number of aromatic nitrogens is 4. The summed E-state index contributed by atoms with van der Waals surface area (Å²) in [4.78, 5) is 30.7. The van der Waals surface area contributed by atoms with E-state index in [-0.39, 0.29) is 11.1 Å². The summed E-state index contributed by atoms with van der Waals surface area (Å²) in [6, 6.07) is 7.65. The molecule has 3 heterocycles. The fraction of sp³-hybridized carbons (Fsp3) is 0.333. The number of unbranched alkanes of at least 4 members (excludes halogenated alkanes) is 1. The molecule has 0 aliphatic heterocycles. The zero-order chi connectivity index (χ0) is 20.5. The van der Waals surface area contributed by atoms with E-state index in [1.807, 2.05) is 31.2 Å². The molecule has 0 aliphatic carbocycles. The lowest BCUT2D eigenvalue weighted by Crippen LogP contribution is -2.28. The van der Waals surface area contributed by atoms with Crippen LogP contribution in [0.25, 0.3) is 26.0 Å². The summed E-state index contributed by atoms with van der Waals surface area (Å²) in [5.41, 5.74) is 1.80. The van der Waals surface area contributed by atoms with Gasteiger partial charge in [-0.15, -0.1) is 11.3 Å². The number of nitrogens with zero attached hydrogens (tertiary/aromatic N) is 4. The highest BCUT2D eigenvalue weighted by molar-refractivity contribution is 7.25. The van der Waals surface area contributed by atoms with Gasteiger partial charge in [-0.3, -0.25) is 14.2 Å². The number of hydrogen-bond acceptors (Lipinski definition) is 6. The predicted molar refractivity (Wildman–Crippen MR) is 115 cm³/mol. The van der Waals surface area contributed by atoms with Crippen LogP contribution in [0.3, 0.4) is 0 Å². The minimum Gasteiger partial charge on any atom is -0.360 e. The molecule has 0 aliphatic rings. The summed E-state index contributed by atoms with van der Waals surface area (Å²) in [6.45, 7) is 4.08. The van der Waals surface area contributed by atoms with Crippen LogP contribution in [0.5, 0.6) is 0 Å². The molecule has 4 aromatic rings. The number of benzene rings is 1. The second kappa shape index (κ2) is 7.88.